The largest absolute Gasteiger partial charge is 0.326 e. The molecular formula is C17H23N7O. The van der Waals surface area contributed by atoms with E-state index in [1.165, 1.54) is 24.1 Å². The summed E-state index contributed by atoms with van der Waals surface area (Å²) in [6, 6.07) is 0.447. The van der Waals surface area contributed by atoms with Crippen LogP contribution in [0.4, 0.5) is 10.5 Å². The third-order valence-electron chi connectivity index (χ3n) is 5.56. The molecule has 0 unspecified atom stereocenters. The van der Waals surface area contributed by atoms with Gasteiger partial charge in [0.05, 0.1) is 24.1 Å². The second-order valence-electron chi connectivity index (χ2n) is 7.47. The number of rotatable bonds is 5. The van der Waals surface area contributed by atoms with E-state index in [0.717, 1.165) is 38.4 Å². The van der Waals surface area contributed by atoms with Crippen molar-refractivity contribution in [3.8, 4) is 0 Å². The lowest BCUT2D eigenvalue weighted by Crippen LogP contribution is -2.47. The first-order valence-corrected chi connectivity index (χ1v) is 9.00. The summed E-state index contributed by atoms with van der Waals surface area (Å²) in [6.45, 7) is 4.45. The average molecular weight is 341 g/mol. The molecule has 8 nitrogen and oxygen atoms in total. The van der Waals surface area contributed by atoms with Crippen molar-refractivity contribution in [1.29, 1.82) is 0 Å². The minimum Gasteiger partial charge on any atom is -0.326 e. The number of H-pyrrole nitrogens is 1. The lowest BCUT2D eigenvalue weighted by atomic mass is 10.1. The normalized spacial score (nSPS) is 22.0. The zero-order valence-corrected chi connectivity index (χ0v) is 14.4. The number of hydrogen-bond donors (Lipinski definition) is 1. The van der Waals surface area contributed by atoms with Gasteiger partial charge in [0.1, 0.15) is 0 Å². The number of aromatic nitrogens is 4. The maximum absolute atomic E-state index is 12.1. The predicted molar refractivity (Wildman–Crippen MR) is 92.5 cm³/mol. The van der Waals surface area contributed by atoms with E-state index in [0.29, 0.717) is 12.0 Å². The summed E-state index contributed by atoms with van der Waals surface area (Å²) in [4.78, 5) is 18.1. The summed E-state index contributed by atoms with van der Waals surface area (Å²) < 4.78 is 2.01. The number of carbonyl (C=O) groups excluding carboxylic acids is 1. The molecule has 2 aromatic heterocycles. The van der Waals surface area contributed by atoms with Crippen molar-refractivity contribution in [3.05, 3.63) is 29.8 Å². The van der Waals surface area contributed by atoms with Gasteiger partial charge < -0.3 is 4.90 Å². The average Bonchev–Trinajstić information content (AvgIpc) is 2.97. The Morgan fingerprint density at radius 3 is 2.80 bits per heavy atom. The minimum absolute atomic E-state index is 0.0577. The predicted octanol–water partition coefficient (Wildman–Crippen LogP) is 1.41. The topological polar surface area (TPSA) is 73.3 Å². The van der Waals surface area contributed by atoms with Gasteiger partial charge >= 0.3 is 6.03 Å². The van der Waals surface area contributed by atoms with Crippen LogP contribution >= 0.6 is 0 Å². The first-order chi connectivity index (χ1) is 12.2. The SMILES string of the molecule is CN1CCN(c2cnn(C3CN(Cc4cn[nH]c4C4CC4)C3)c2)C1=O. The molecule has 3 fully saturated rings. The quantitative estimate of drug-likeness (QED) is 0.892. The van der Waals surface area contributed by atoms with Crippen molar-refractivity contribution in [2.24, 2.45) is 0 Å². The van der Waals surface area contributed by atoms with E-state index in [4.69, 9.17) is 0 Å². The number of aromatic amines is 1. The number of likely N-dealkylation sites (N-methyl/N-ethyl adjacent to an activating group) is 1. The van der Waals surface area contributed by atoms with Gasteiger partial charge in [-0.1, -0.05) is 0 Å². The highest BCUT2D eigenvalue weighted by Crippen LogP contribution is 2.41. The molecule has 4 heterocycles. The summed E-state index contributed by atoms with van der Waals surface area (Å²) >= 11 is 0. The molecule has 0 radical (unpaired) electrons. The molecule has 2 saturated heterocycles. The fourth-order valence-corrected chi connectivity index (χ4v) is 3.81. The van der Waals surface area contributed by atoms with Gasteiger partial charge in [0.25, 0.3) is 0 Å². The van der Waals surface area contributed by atoms with Gasteiger partial charge in [0.2, 0.25) is 0 Å². The number of likely N-dealkylation sites (tertiary alicyclic amines) is 1. The van der Waals surface area contributed by atoms with Crippen LogP contribution in [-0.4, -0.2) is 69.0 Å². The zero-order valence-electron chi connectivity index (χ0n) is 14.4. The second-order valence-corrected chi connectivity index (χ2v) is 7.47. The molecule has 1 N–H and O–H groups in total. The summed E-state index contributed by atoms with van der Waals surface area (Å²) in [5, 5.41) is 11.9. The molecule has 2 aliphatic heterocycles. The number of hydrogen-bond acceptors (Lipinski definition) is 4. The van der Waals surface area contributed by atoms with Gasteiger partial charge in [-0.2, -0.15) is 10.2 Å². The van der Waals surface area contributed by atoms with Crippen LogP contribution in [0.5, 0.6) is 0 Å². The maximum Gasteiger partial charge on any atom is 0.324 e. The minimum atomic E-state index is 0.0577. The maximum atomic E-state index is 12.1. The van der Waals surface area contributed by atoms with Gasteiger partial charge in [0.15, 0.2) is 0 Å². The van der Waals surface area contributed by atoms with Crippen molar-refractivity contribution in [2.45, 2.75) is 31.3 Å². The van der Waals surface area contributed by atoms with E-state index in [9.17, 15) is 4.79 Å². The molecule has 25 heavy (non-hydrogen) atoms. The van der Waals surface area contributed by atoms with Crippen molar-refractivity contribution in [1.82, 2.24) is 29.8 Å². The molecule has 8 heteroatoms. The van der Waals surface area contributed by atoms with Crippen molar-refractivity contribution in [2.75, 3.05) is 38.1 Å². The highest BCUT2D eigenvalue weighted by atomic mass is 16.2. The molecule has 5 rings (SSSR count). The van der Waals surface area contributed by atoms with Crippen LogP contribution in [0.25, 0.3) is 0 Å². The first-order valence-electron chi connectivity index (χ1n) is 9.00. The summed E-state index contributed by atoms with van der Waals surface area (Å²) in [7, 11) is 1.84. The zero-order chi connectivity index (χ0) is 17.0. The van der Waals surface area contributed by atoms with E-state index in [1.807, 2.05) is 24.1 Å². The monoisotopic (exact) mass is 341 g/mol. The fourth-order valence-electron chi connectivity index (χ4n) is 3.81. The number of amides is 2. The number of anilines is 1. The molecule has 1 saturated carbocycles. The molecule has 2 aromatic rings. The summed E-state index contributed by atoms with van der Waals surface area (Å²) in [5.74, 6) is 0.708. The van der Waals surface area contributed by atoms with Crippen molar-refractivity contribution >= 4 is 11.7 Å². The highest BCUT2D eigenvalue weighted by Gasteiger charge is 2.33. The number of urea groups is 1. The Morgan fingerprint density at radius 1 is 1.24 bits per heavy atom. The Bertz CT molecular complexity index is 787. The molecule has 1 aliphatic carbocycles. The molecule has 0 spiro atoms. The molecule has 0 atom stereocenters. The van der Waals surface area contributed by atoms with Gasteiger partial charge in [-0.3, -0.25) is 19.6 Å². The molecule has 0 aromatic carbocycles. The van der Waals surface area contributed by atoms with E-state index in [1.54, 1.807) is 16.0 Å². The molecule has 132 valence electrons. The van der Waals surface area contributed by atoms with Gasteiger partial charge in [-0.05, 0) is 12.8 Å². The number of nitrogens with zero attached hydrogens (tertiary/aromatic N) is 6. The lowest BCUT2D eigenvalue weighted by Gasteiger charge is -2.39. The van der Waals surface area contributed by atoms with Crippen LogP contribution in [0, 0.1) is 0 Å². The Morgan fingerprint density at radius 2 is 2.08 bits per heavy atom. The first kappa shape index (κ1) is 14.9. The Kier molecular flexibility index (Phi) is 3.34. The molecule has 3 aliphatic rings. The van der Waals surface area contributed by atoms with Crippen LogP contribution in [0.1, 0.15) is 36.1 Å². The Hall–Kier alpha value is -2.35. The van der Waals surface area contributed by atoms with Crippen LogP contribution in [0.15, 0.2) is 18.6 Å². The fraction of sp³-hybridized carbons (Fsp3) is 0.588. The van der Waals surface area contributed by atoms with E-state index in [-0.39, 0.29) is 6.03 Å². The van der Waals surface area contributed by atoms with Crippen LogP contribution in [-0.2, 0) is 6.54 Å². The standard InChI is InChI=1S/C17H23N7O/c1-21-4-5-23(17(21)25)14-7-19-24(11-14)15-9-22(10-15)8-13-6-18-20-16(13)12-2-3-12/h6-7,11-12,15H,2-5,8-10H2,1H3,(H,18,20). The highest BCUT2D eigenvalue weighted by molar-refractivity contribution is 5.93. The van der Waals surface area contributed by atoms with E-state index in [2.05, 4.69) is 20.2 Å². The molecule has 2 amide bonds. The lowest BCUT2D eigenvalue weighted by molar-refractivity contribution is 0.0906. The van der Waals surface area contributed by atoms with Crippen LogP contribution < -0.4 is 4.90 Å². The van der Waals surface area contributed by atoms with E-state index >= 15 is 0 Å². The second kappa shape index (κ2) is 5.59. The van der Waals surface area contributed by atoms with Crippen molar-refractivity contribution in [3.63, 3.8) is 0 Å². The summed E-state index contributed by atoms with van der Waals surface area (Å²) in [5.41, 5.74) is 3.58. The van der Waals surface area contributed by atoms with Gasteiger partial charge in [-0.15, -0.1) is 0 Å². The molecule has 0 bridgehead atoms. The summed E-state index contributed by atoms with van der Waals surface area (Å²) in [6.07, 6.45) is 8.37. The third kappa shape index (κ3) is 2.60. The Balaban J connectivity index is 1.20. The number of carbonyl (C=O) groups is 1. The van der Waals surface area contributed by atoms with Gasteiger partial charge in [-0.25, -0.2) is 4.79 Å². The smallest absolute Gasteiger partial charge is 0.324 e. The Labute approximate surface area is 146 Å². The van der Waals surface area contributed by atoms with Crippen molar-refractivity contribution < 1.29 is 4.79 Å². The molecular weight excluding hydrogens is 318 g/mol. The van der Waals surface area contributed by atoms with Crippen LogP contribution in [0.2, 0.25) is 0 Å². The number of nitrogens with one attached hydrogen (secondary N) is 1. The third-order valence-corrected chi connectivity index (χ3v) is 5.56. The van der Waals surface area contributed by atoms with Gasteiger partial charge in [0, 0.05) is 63.1 Å². The van der Waals surface area contributed by atoms with Crippen LogP contribution in [0.3, 0.4) is 0 Å². The van der Waals surface area contributed by atoms with E-state index < -0.39 is 0 Å².